The third-order valence-electron chi connectivity index (χ3n) is 4.14. The van der Waals surface area contributed by atoms with Crippen molar-refractivity contribution in [2.24, 2.45) is 0 Å². The molecule has 1 aromatic carbocycles. The molecule has 1 amide bonds. The Morgan fingerprint density at radius 3 is 3.04 bits per heavy atom. The van der Waals surface area contributed by atoms with Crippen LogP contribution >= 0.6 is 22.9 Å². The Morgan fingerprint density at radius 1 is 1.38 bits per heavy atom. The fourth-order valence-corrected chi connectivity index (χ4v) is 4.12. The topological polar surface area (TPSA) is 63.4 Å². The molecular formula is C16H16ClN5OS. The van der Waals surface area contributed by atoms with Crippen molar-refractivity contribution in [3.8, 4) is 0 Å². The molecule has 0 unspecified atom stereocenters. The van der Waals surface area contributed by atoms with Crippen LogP contribution in [0, 0.1) is 0 Å². The molecule has 0 bridgehead atoms. The van der Waals surface area contributed by atoms with Gasteiger partial charge in [-0.1, -0.05) is 35.9 Å². The lowest BCUT2D eigenvalue weighted by molar-refractivity contribution is -0.117. The standard InChI is InChI=1S/C16H16ClN5OS/c1-2-4-13-18-19-16-22(13)20-15(24-16)10-7-14(23)21(9-10)12-6-3-5-11(17)8-12/h3,5-6,8,10H,2,4,7,9H2,1H3/t10-/m0/s1. The highest BCUT2D eigenvalue weighted by atomic mass is 35.5. The Bertz CT molecular complexity index is 905. The summed E-state index contributed by atoms with van der Waals surface area (Å²) in [7, 11) is 0. The molecule has 124 valence electrons. The lowest BCUT2D eigenvalue weighted by Gasteiger charge is -2.16. The number of halogens is 1. The summed E-state index contributed by atoms with van der Waals surface area (Å²) >= 11 is 7.56. The summed E-state index contributed by atoms with van der Waals surface area (Å²) in [6.07, 6.45) is 2.31. The number of aromatic nitrogens is 4. The Morgan fingerprint density at radius 2 is 2.25 bits per heavy atom. The normalized spacial score (nSPS) is 18.0. The number of nitrogens with zero attached hydrogens (tertiary/aromatic N) is 5. The Hall–Kier alpha value is -1.99. The van der Waals surface area contributed by atoms with Crippen molar-refractivity contribution in [3.63, 3.8) is 0 Å². The Kier molecular flexibility index (Phi) is 3.97. The Labute approximate surface area is 148 Å². The van der Waals surface area contributed by atoms with Crippen molar-refractivity contribution < 1.29 is 4.79 Å². The second kappa shape index (κ2) is 6.14. The number of carbonyl (C=O) groups is 1. The molecule has 1 aliphatic rings. The van der Waals surface area contributed by atoms with Crippen LogP contribution in [0.5, 0.6) is 0 Å². The number of carbonyl (C=O) groups excluding carboxylic acids is 1. The monoisotopic (exact) mass is 361 g/mol. The van der Waals surface area contributed by atoms with E-state index in [1.807, 2.05) is 22.7 Å². The Balaban J connectivity index is 1.60. The summed E-state index contributed by atoms with van der Waals surface area (Å²) < 4.78 is 1.82. The van der Waals surface area contributed by atoms with Crippen molar-refractivity contribution in [1.29, 1.82) is 0 Å². The number of hydrogen-bond acceptors (Lipinski definition) is 5. The molecule has 1 fully saturated rings. The van der Waals surface area contributed by atoms with Crippen LogP contribution in [0.25, 0.3) is 4.96 Å². The van der Waals surface area contributed by atoms with Crippen LogP contribution in [0.1, 0.15) is 36.5 Å². The van der Waals surface area contributed by atoms with Crippen molar-refractivity contribution in [2.45, 2.75) is 32.1 Å². The van der Waals surface area contributed by atoms with Gasteiger partial charge < -0.3 is 4.90 Å². The van der Waals surface area contributed by atoms with Gasteiger partial charge in [-0.05, 0) is 24.6 Å². The molecule has 0 N–H and O–H groups in total. The van der Waals surface area contributed by atoms with E-state index in [0.29, 0.717) is 18.0 Å². The van der Waals surface area contributed by atoms with Gasteiger partial charge in [0.1, 0.15) is 5.01 Å². The lowest BCUT2D eigenvalue weighted by atomic mass is 10.1. The summed E-state index contributed by atoms with van der Waals surface area (Å²) in [4.78, 5) is 15.0. The highest BCUT2D eigenvalue weighted by Crippen LogP contribution is 2.34. The average Bonchev–Trinajstić information content (AvgIpc) is 3.23. The van der Waals surface area contributed by atoms with Gasteiger partial charge in [0.15, 0.2) is 5.82 Å². The number of hydrogen-bond donors (Lipinski definition) is 0. The molecule has 1 atom stereocenters. The molecule has 1 saturated heterocycles. The minimum atomic E-state index is 0.0812. The summed E-state index contributed by atoms with van der Waals surface area (Å²) in [5.74, 6) is 1.06. The highest BCUT2D eigenvalue weighted by Gasteiger charge is 2.34. The van der Waals surface area contributed by atoms with E-state index in [4.69, 9.17) is 11.6 Å². The zero-order valence-corrected chi connectivity index (χ0v) is 14.7. The van der Waals surface area contributed by atoms with Crippen molar-refractivity contribution in [3.05, 3.63) is 40.1 Å². The number of benzene rings is 1. The van der Waals surface area contributed by atoms with Gasteiger partial charge in [-0.25, -0.2) is 0 Å². The van der Waals surface area contributed by atoms with Gasteiger partial charge in [-0.3, -0.25) is 4.79 Å². The summed E-state index contributed by atoms with van der Waals surface area (Å²) in [6.45, 7) is 2.72. The van der Waals surface area contributed by atoms with E-state index in [9.17, 15) is 4.79 Å². The van der Waals surface area contributed by atoms with Gasteiger partial charge >= 0.3 is 0 Å². The minimum Gasteiger partial charge on any atom is -0.312 e. The van der Waals surface area contributed by atoms with Crippen LogP contribution in [0.3, 0.4) is 0 Å². The van der Waals surface area contributed by atoms with Crippen molar-refractivity contribution in [1.82, 2.24) is 19.8 Å². The van der Waals surface area contributed by atoms with E-state index in [1.165, 1.54) is 11.3 Å². The second-order valence-corrected chi connectivity index (χ2v) is 7.31. The summed E-state index contributed by atoms with van der Waals surface area (Å²) in [5.41, 5.74) is 0.838. The molecule has 0 saturated carbocycles. The largest absolute Gasteiger partial charge is 0.312 e. The molecule has 0 aliphatic carbocycles. The summed E-state index contributed by atoms with van der Waals surface area (Å²) in [6, 6.07) is 7.39. The molecule has 2 aromatic heterocycles. The molecular weight excluding hydrogens is 346 g/mol. The quantitative estimate of drug-likeness (QED) is 0.715. The third-order valence-corrected chi connectivity index (χ3v) is 5.44. The molecule has 0 spiro atoms. The number of aryl methyl sites for hydroxylation is 1. The first-order valence-corrected chi connectivity index (χ1v) is 9.12. The van der Waals surface area contributed by atoms with E-state index in [-0.39, 0.29) is 11.8 Å². The van der Waals surface area contributed by atoms with Gasteiger partial charge in [0.25, 0.3) is 0 Å². The van der Waals surface area contributed by atoms with Gasteiger partial charge in [0, 0.05) is 36.0 Å². The molecule has 6 nitrogen and oxygen atoms in total. The van der Waals surface area contributed by atoms with Crippen molar-refractivity contribution >= 4 is 39.5 Å². The maximum Gasteiger partial charge on any atom is 0.234 e. The maximum absolute atomic E-state index is 12.4. The molecule has 3 heterocycles. The first-order chi connectivity index (χ1) is 11.7. The van der Waals surface area contributed by atoms with Gasteiger partial charge in [0.05, 0.1) is 0 Å². The number of fused-ring (bicyclic) bond motifs is 1. The van der Waals surface area contributed by atoms with E-state index in [2.05, 4.69) is 22.2 Å². The molecule has 4 rings (SSSR count). The van der Waals surface area contributed by atoms with Crippen LogP contribution < -0.4 is 4.90 Å². The SMILES string of the molecule is CCCc1nnc2sc([C@H]3CC(=O)N(c4cccc(Cl)c4)C3)nn12. The van der Waals surface area contributed by atoms with Crippen LogP contribution in [0.4, 0.5) is 5.69 Å². The van der Waals surface area contributed by atoms with Gasteiger partial charge in [-0.2, -0.15) is 9.61 Å². The van der Waals surface area contributed by atoms with Crippen LogP contribution in [-0.2, 0) is 11.2 Å². The fourth-order valence-electron chi connectivity index (χ4n) is 2.98. The van der Waals surface area contributed by atoms with Crippen LogP contribution in [0.2, 0.25) is 5.02 Å². The number of rotatable bonds is 4. The fraction of sp³-hybridized carbons (Fsp3) is 0.375. The lowest BCUT2D eigenvalue weighted by Crippen LogP contribution is -2.24. The zero-order chi connectivity index (χ0) is 16.7. The van der Waals surface area contributed by atoms with E-state index in [1.54, 1.807) is 11.0 Å². The molecule has 24 heavy (non-hydrogen) atoms. The van der Waals surface area contributed by atoms with Gasteiger partial charge in [-0.15, -0.1) is 10.2 Å². The second-order valence-electron chi connectivity index (χ2n) is 5.89. The number of anilines is 1. The van der Waals surface area contributed by atoms with E-state index < -0.39 is 0 Å². The van der Waals surface area contributed by atoms with Crippen LogP contribution in [-0.4, -0.2) is 32.3 Å². The highest BCUT2D eigenvalue weighted by molar-refractivity contribution is 7.16. The first kappa shape index (κ1) is 15.5. The average molecular weight is 362 g/mol. The molecule has 8 heteroatoms. The third kappa shape index (κ3) is 2.67. The van der Waals surface area contributed by atoms with E-state index >= 15 is 0 Å². The predicted octanol–water partition coefficient (Wildman–Crippen LogP) is 3.31. The molecule has 3 aromatic rings. The molecule has 0 radical (unpaired) electrons. The first-order valence-electron chi connectivity index (χ1n) is 7.92. The zero-order valence-electron chi connectivity index (χ0n) is 13.1. The number of amides is 1. The summed E-state index contributed by atoms with van der Waals surface area (Å²) in [5, 5.41) is 14.6. The maximum atomic E-state index is 12.4. The predicted molar refractivity (Wildman–Crippen MR) is 93.8 cm³/mol. The van der Waals surface area contributed by atoms with E-state index in [0.717, 1.165) is 34.3 Å². The van der Waals surface area contributed by atoms with Gasteiger partial charge in [0.2, 0.25) is 10.9 Å². The van der Waals surface area contributed by atoms with Crippen molar-refractivity contribution in [2.75, 3.05) is 11.4 Å². The smallest absolute Gasteiger partial charge is 0.234 e. The minimum absolute atomic E-state index is 0.0812. The van der Waals surface area contributed by atoms with Crippen LogP contribution in [0.15, 0.2) is 24.3 Å². The molecule has 1 aliphatic heterocycles.